The molecule has 2 rings (SSSR count). The minimum absolute atomic E-state index is 0. The Morgan fingerprint density at radius 1 is 1.42 bits per heavy atom. The molecular weight excluding hydrogens is 283 g/mol. The Morgan fingerprint density at radius 3 is 2.68 bits per heavy atom. The average Bonchev–Trinajstić information content (AvgIpc) is 2.38. The fourth-order valence-corrected chi connectivity index (χ4v) is 1.81. The molecule has 19 heavy (non-hydrogen) atoms. The van der Waals surface area contributed by atoms with E-state index in [1.165, 1.54) is 6.07 Å². The minimum Gasteiger partial charge on any atom is -0.373 e. The highest BCUT2D eigenvalue weighted by atomic mass is 35.5. The second kappa shape index (κ2) is 6.40. The molecule has 0 saturated carbocycles. The zero-order valence-electron chi connectivity index (χ0n) is 10.1. The summed E-state index contributed by atoms with van der Waals surface area (Å²) in [6.07, 6.45) is -3.60. The van der Waals surface area contributed by atoms with E-state index in [1.54, 1.807) is 0 Å². The van der Waals surface area contributed by atoms with E-state index in [4.69, 9.17) is 10.5 Å². The number of halogens is 4. The van der Waals surface area contributed by atoms with E-state index >= 15 is 0 Å². The van der Waals surface area contributed by atoms with Crippen LogP contribution in [0.2, 0.25) is 0 Å². The Hall–Kier alpha value is -1.05. The van der Waals surface area contributed by atoms with Gasteiger partial charge in [-0.05, 0) is 12.1 Å². The summed E-state index contributed by atoms with van der Waals surface area (Å²) in [5.74, 6) is 0.518. The van der Waals surface area contributed by atoms with Gasteiger partial charge in [0.25, 0.3) is 0 Å². The number of hydrogen-bond acceptors (Lipinski definition) is 4. The number of hydrogen-bond donors (Lipinski definition) is 1. The number of aromatic nitrogens is 1. The van der Waals surface area contributed by atoms with E-state index in [1.807, 2.05) is 4.90 Å². The van der Waals surface area contributed by atoms with Crippen molar-refractivity contribution in [3.8, 4) is 0 Å². The SMILES string of the molecule is Cl.NCC1CN(c2ccc(C(F)(F)F)cn2)CCO1. The van der Waals surface area contributed by atoms with E-state index < -0.39 is 11.7 Å². The van der Waals surface area contributed by atoms with Gasteiger partial charge in [0, 0.05) is 25.8 Å². The number of morpholine rings is 1. The van der Waals surface area contributed by atoms with Gasteiger partial charge in [-0.2, -0.15) is 13.2 Å². The van der Waals surface area contributed by atoms with Crippen LogP contribution >= 0.6 is 12.4 Å². The van der Waals surface area contributed by atoms with Crippen molar-refractivity contribution in [3.63, 3.8) is 0 Å². The molecule has 0 aliphatic carbocycles. The summed E-state index contributed by atoms with van der Waals surface area (Å²) >= 11 is 0. The molecule has 1 saturated heterocycles. The molecular formula is C11H15ClF3N3O. The van der Waals surface area contributed by atoms with Crippen molar-refractivity contribution in [1.82, 2.24) is 4.98 Å². The normalized spacial score (nSPS) is 20.0. The predicted octanol–water partition coefficient (Wildman–Crippen LogP) is 1.69. The van der Waals surface area contributed by atoms with E-state index in [0.717, 1.165) is 12.3 Å². The lowest BCUT2D eigenvalue weighted by Gasteiger charge is -2.33. The van der Waals surface area contributed by atoms with Crippen LogP contribution in [0.3, 0.4) is 0 Å². The quantitative estimate of drug-likeness (QED) is 0.902. The summed E-state index contributed by atoms with van der Waals surface area (Å²) in [4.78, 5) is 5.72. The molecule has 2 heterocycles. The number of pyridine rings is 1. The van der Waals surface area contributed by atoms with Crippen molar-refractivity contribution in [1.29, 1.82) is 0 Å². The standard InChI is InChI=1S/C11H14F3N3O.ClH/c12-11(13,14)8-1-2-10(16-6-8)17-3-4-18-9(5-15)7-17;/h1-2,6,9H,3-5,7,15H2;1H. The first-order chi connectivity index (χ1) is 8.50. The molecule has 0 aromatic carbocycles. The van der Waals surface area contributed by atoms with Gasteiger partial charge in [-0.25, -0.2) is 4.98 Å². The third kappa shape index (κ3) is 3.95. The highest BCUT2D eigenvalue weighted by Crippen LogP contribution is 2.29. The fraction of sp³-hybridized carbons (Fsp3) is 0.545. The molecule has 1 atom stereocenters. The second-order valence-electron chi connectivity index (χ2n) is 4.08. The van der Waals surface area contributed by atoms with Crippen LogP contribution in [-0.4, -0.2) is 37.3 Å². The molecule has 1 aliphatic heterocycles. The van der Waals surface area contributed by atoms with E-state index in [0.29, 0.717) is 32.1 Å². The first-order valence-corrected chi connectivity index (χ1v) is 5.60. The maximum absolute atomic E-state index is 12.4. The van der Waals surface area contributed by atoms with Gasteiger partial charge in [-0.15, -0.1) is 12.4 Å². The lowest BCUT2D eigenvalue weighted by Crippen LogP contribution is -2.46. The van der Waals surface area contributed by atoms with Crippen molar-refractivity contribution < 1.29 is 17.9 Å². The molecule has 1 aromatic rings. The molecule has 1 aromatic heterocycles. The maximum Gasteiger partial charge on any atom is 0.417 e. The third-order valence-electron chi connectivity index (χ3n) is 2.80. The van der Waals surface area contributed by atoms with Crippen LogP contribution in [0, 0.1) is 0 Å². The van der Waals surface area contributed by atoms with Crippen molar-refractivity contribution >= 4 is 18.2 Å². The fourth-order valence-electron chi connectivity index (χ4n) is 1.81. The van der Waals surface area contributed by atoms with Gasteiger partial charge in [0.05, 0.1) is 18.3 Å². The Morgan fingerprint density at radius 2 is 2.16 bits per heavy atom. The average molecular weight is 298 g/mol. The lowest BCUT2D eigenvalue weighted by atomic mass is 10.2. The summed E-state index contributed by atoms with van der Waals surface area (Å²) in [5, 5.41) is 0. The zero-order valence-corrected chi connectivity index (χ0v) is 10.9. The first kappa shape index (κ1) is 16.0. The maximum atomic E-state index is 12.4. The molecule has 8 heteroatoms. The molecule has 0 bridgehead atoms. The van der Waals surface area contributed by atoms with Crippen LogP contribution in [0.25, 0.3) is 0 Å². The van der Waals surface area contributed by atoms with Gasteiger partial charge in [0.15, 0.2) is 0 Å². The van der Waals surface area contributed by atoms with Crippen LogP contribution in [-0.2, 0) is 10.9 Å². The summed E-state index contributed by atoms with van der Waals surface area (Å²) in [6.45, 7) is 2.05. The van der Waals surface area contributed by atoms with Crippen LogP contribution in [0.1, 0.15) is 5.56 Å². The summed E-state index contributed by atoms with van der Waals surface area (Å²) in [6, 6.07) is 2.41. The Bertz CT molecular complexity index is 399. The second-order valence-corrected chi connectivity index (χ2v) is 4.08. The number of rotatable bonds is 2. The van der Waals surface area contributed by atoms with Crippen molar-refractivity contribution in [2.75, 3.05) is 31.1 Å². The van der Waals surface area contributed by atoms with E-state index in [9.17, 15) is 13.2 Å². The van der Waals surface area contributed by atoms with E-state index in [2.05, 4.69) is 4.98 Å². The van der Waals surface area contributed by atoms with E-state index in [-0.39, 0.29) is 18.5 Å². The van der Waals surface area contributed by atoms with Gasteiger partial charge in [-0.1, -0.05) is 0 Å². The third-order valence-corrected chi connectivity index (χ3v) is 2.80. The molecule has 4 nitrogen and oxygen atoms in total. The van der Waals surface area contributed by atoms with Crippen LogP contribution < -0.4 is 10.6 Å². The summed E-state index contributed by atoms with van der Waals surface area (Å²) in [5.41, 5.74) is 4.76. The molecule has 108 valence electrons. The van der Waals surface area contributed by atoms with Gasteiger partial charge >= 0.3 is 6.18 Å². The number of anilines is 1. The highest BCUT2D eigenvalue weighted by Gasteiger charge is 2.31. The molecule has 1 unspecified atom stereocenters. The highest BCUT2D eigenvalue weighted by molar-refractivity contribution is 5.85. The molecule has 1 fully saturated rings. The topological polar surface area (TPSA) is 51.4 Å². The molecule has 0 amide bonds. The Balaban J connectivity index is 0.00000180. The smallest absolute Gasteiger partial charge is 0.373 e. The molecule has 1 aliphatic rings. The summed E-state index contributed by atoms with van der Waals surface area (Å²) < 4.78 is 42.5. The minimum atomic E-state index is -4.35. The van der Waals surface area contributed by atoms with Gasteiger partial charge in [-0.3, -0.25) is 0 Å². The van der Waals surface area contributed by atoms with Gasteiger partial charge in [0.2, 0.25) is 0 Å². The predicted molar refractivity (Wildman–Crippen MR) is 67.5 cm³/mol. The van der Waals surface area contributed by atoms with Crippen molar-refractivity contribution in [3.05, 3.63) is 23.9 Å². The lowest BCUT2D eigenvalue weighted by molar-refractivity contribution is -0.137. The monoisotopic (exact) mass is 297 g/mol. The Kier molecular flexibility index (Phi) is 5.39. The van der Waals surface area contributed by atoms with Crippen molar-refractivity contribution in [2.24, 2.45) is 5.73 Å². The van der Waals surface area contributed by atoms with Crippen LogP contribution in [0.4, 0.5) is 19.0 Å². The Labute approximate surface area is 115 Å². The molecule has 0 radical (unpaired) electrons. The van der Waals surface area contributed by atoms with Crippen molar-refractivity contribution in [2.45, 2.75) is 12.3 Å². The number of alkyl halides is 3. The number of ether oxygens (including phenoxy) is 1. The molecule has 2 N–H and O–H groups in total. The zero-order chi connectivity index (χ0) is 13.2. The number of nitrogens with zero attached hydrogens (tertiary/aromatic N) is 2. The first-order valence-electron chi connectivity index (χ1n) is 5.60. The van der Waals surface area contributed by atoms with Crippen LogP contribution in [0.5, 0.6) is 0 Å². The van der Waals surface area contributed by atoms with Crippen LogP contribution in [0.15, 0.2) is 18.3 Å². The van der Waals surface area contributed by atoms with Gasteiger partial charge < -0.3 is 15.4 Å². The largest absolute Gasteiger partial charge is 0.417 e. The molecule has 0 spiro atoms. The van der Waals surface area contributed by atoms with Gasteiger partial charge in [0.1, 0.15) is 5.82 Å². The number of nitrogens with two attached hydrogens (primary N) is 1. The summed E-state index contributed by atoms with van der Waals surface area (Å²) in [7, 11) is 0.